The molecule has 0 radical (unpaired) electrons. The summed E-state index contributed by atoms with van der Waals surface area (Å²) in [6.45, 7) is 6.03. The van der Waals surface area contributed by atoms with Crippen molar-refractivity contribution < 1.29 is 9.47 Å². The molecule has 0 spiro atoms. The highest BCUT2D eigenvalue weighted by molar-refractivity contribution is 7.41. The molecule has 0 atom stereocenters. The van der Waals surface area contributed by atoms with E-state index in [2.05, 4.69) is 74.5 Å². The number of rotatable bonds is 16. The number of ether oxygens (including phenoxy) is 2. The molecule has 0 saturated carbocycles. The molecule has 2 nitrogen and oxygen atoms in total. The van der Waals surface area contributed by atoms with Crippen LogP contribution in [0.5, 0.6) is 11.5 Å². The smallest absolute Gasteiger partial charge is 0.161 e. The predicted molar refractivity (Wildman–Crippen MR) is 218 cm³/mol. The standard InChI is InChI=1S/C42H44O2S4/c1-3-5-7-9-11-17-23-43-31-25-29-30(26-32(31)44-24-18-12-10-8-6-4-2)36-40-38(28-20-14-16-22-34(28)46-40)48-42(36)41-35(29)39-37(47-41)27-19-13-15-21-33(27)45-39/h13-16,19-22,25-26H,3-12,17-18,23-24H2,1-2H3. The summed E-state index contributed by atoms with van der Waals surface area (Å²) < 4.78 is 24.6. The number of hydrogen-bond acceptors (Lipinski definition) is 6. The monoisotopic (exact) mass is 708 g/mol. The van der Waals surface area contributed by atoms with Gasteiger partial charge in [0, 0.05) is 30.9 Å². The molecule has 0 aliphatic heterocycles. The Labute approximate surface area is 299 Å². The predicted octanol–water partition coefficient (Wildman–Crippen LogP) is 15.5. The largest absolute Gasteiger partial charge is 0.490 e. The van der Waals surface area contributed by atoms with Crippen LogP contribution in [0, 0.1) is 0 Å². The molecule has 8 aromatic rings. The molecule has 0 bridgehead atoms. The lowest BCUT2D eigenvalue weighted by Gasteiger charge is -2.16. The third-order valence-corrected chi connectivity index (χ3v) is 15.0. The zero-order valence-corrected chi connectivity index (χ0v) is 31.4. The minimum atomic E-state index is 0.733. The molecule has 4 aromatic heterocycles. The highest BCUT2D eigenvalue weighted by atomic mass is 32.1. The van der Waals surface area contributed by atoms with E-state index in [-0.39, 0.29) is 0 Å². The molecule has 0 amide bonds. The quantitative estimate of drug-likeness (QED) is 0.0930. The van der Waals surface area contributed by atoms with Crippen LogP contribution < -0.4 is 9.47 Å². The summed E-state index contributed by atoms with van der Waals surface area (Å²) in [6.07, 6.45) is 15.0. The fourth-order valence-corrected chi connectivity index (χ4v) is 13.0. The van der Waals surface area contributed by atoms with Crippen molar-refractivity contribution in [2.24, 2.45) is 0 Å². The van der Waals surface area contributed by atoms with Crippen molar-refractivity contribution in [1.82, 2.24) is 0 Å². The van der Waals surface area contributed by atoms with E-state index in [1.165, 1.54) is 134 Å². The lowest BCUT2D eigenvalue weighted by Crippen LogP contribution is -2.03. The van der Waals surface area contributed by atoms with Crippen LogP contribution in [0.1, 0.15) is 90.9 Å². The Morgan fingerprint density at radius 2 is 0.812 bits per heavy atom. The van der Waals surface area contributed by atoms with Gasteiger partial charge in [0.05, 0.1) is 41.4 Å². The van der Waals surface area contributed by atoms with Crippen LogP contribution in [0.25, 0.3) is 69.9 Å². The van der Waals surface area contributed by atoms with Crippen molar-refractivity contribution in [2.75, 3.05) is 13.2 Å². The molecule has 0 saturated heterocycles. The minimum absolute atomic E-state index is 0.733. The van der Waals surface area contributed by atoms with Gasteiger partial charge in [0.2, 0.25) is 0 Å². The zero-order valence-electron chi connectivity index (χ0n) is 28.1. The minimum Gasteiger partial charge on any atom is -0.490 e. The van der Waals surface area contributed by atoms with E-state index in [1.807, 2.05) is 45.3 Å². The van der Waals surface area contributed by atoms with Gasteiger partial charge in [-0.15, -0.1) is 45.3 Å². The zero-order chi connectivity index (χ0) is 32.5. The fourth-order valence-electron chi connectivity index (χ4n) is 7.23. The summed E-state index contributed by atoms with van der Waals surface area (Å²) in [6, 6.07) is 22.5. The van der Waals surface area contributed by atoms with Crippen molar-refractivity contribution in [1.29, 1.82) is 0 Å². The lowest BCUT2D eigenvalue weighted by molar-refractivity contribution is 0.259. The summed E-state index contributed by atoms with van der Waals surface area (Å²) in [5.74, 6) is 1.82. The van der Waals surface area contributed by atoms with Gasteiger partial charge < -0.3 is 9.47 Å². The molecule has 0 N–H and O–H groups in total. The van der Waals surface area contributed by atoms with Crippen LogP contribution in [0.2, 0.25) is 0 Å². The summed E-state index contributed by atoms with van der Waals surface area (Å²) in [5.41, 5.74) is 0. The van der Waals surface area contributed by atoms with Gasteiger partial charge in [-0.05, 0) is 47.9 Å². The van der Waals surface area contributed by atoms with E-state index in [0.29, 0.717) is 0 Å². The van der Waals surface area contributed by atoms with Gasteiger partial charge in [-0.25, -0.2) is 0 Å². The highest BCUT2D eigenvalue weighted by Crippen LogP contribution is 2.56. The first-order valence-electron chi connectivity index (χ1n) is 18.1. The molecule has 4 heterocycles. The third-order valence-electron chi connectivity index (χ3n) is 9.76. The Morgan fingerprint density at radius 3 is 1.27 bits per heavy atom. The summed E-state index contributed by atoms with van der Waals surface area (Å²) in [5, 5.41) is 8.15. The molecule has 48 heavy (non-hydrogen) atoms. The molecular formula is C42H44O2S4. The molecule has 4 aromatic carbocycles. The average Bonchev–Trinajstić information content (AvgIpc) is 3.85. The molecular weight excluding hydrogens is 665 g/mol. The maximum Gasteiger partial charge on any atom is 0.161 e. The first kappa shape index (κ1) is 32.3. The number of hydrogen-bond donors (Lipinski definition) is 0. The maximum absolute atomic E-state index is 6.67. The molecule has 6 heteroatoms. The Hall–Kier alpha value is -2.90. The van der Waals surface area contributed by atoms with Gasteiger partial charge in [0.25, 0.3) is 0 Å². The fraction of sp³-hybridized carbons (Fsp3) is 0.381. The second kappa shape index (κ2) is 14.5. The summed E-state index contributed by atoms with van der Waals surface area (Å²) in [4.78, 5) is 0. The van der Waals surface area contributed by atoms with Crippen molar-refractivity contribution in [2.45, 2.75) is 90.9 Å². The normalized spacial score (nSPS) is 12.3. The molecule has 8 rings (SSSR count). The van der Waals surface area contributed by atoms with Gasteiger partial charge in [0.15, 0.2) is 11.5 Å². The summed E-state index contributed by atoms with van der Waals surface area (Å²) in [7, 11) is 0. The molecule has 248 valence electrons. The Morgan fingerprint density at radius 1 is 0.417 bits per heavy atom. The van der Waals surface area contributed by atoms with Crippen LogP contribution in [0.15, 0.2) is 60.7 Å². The van der Waals surface area contributed by atoms with Gasteiger partial charge >= 0.3 is 0 Å². The van der Waals surface area contributed by atoms with Crippen LogP contribution >= 0.6 is 45.3 Å². The van der Waals surface area contributed by atoms with Crippen LogP contribution in [-0.2, 0) is 0 Å². The van der Waals surface area contributed by atoms with Crippen LogP contribution in [0.4, 0.5) is 0 Å². The maximum atomic E-state index is 6.67. The van der Waals surface area contributed by atoms with Crippen molar-refractivity contribution in [3.63, 3.8) is 0 Å². The van der Waals surface area contributed by atoms with E-state index in [0.717, 1.165) is 37.6 Å². The van der Waals surface area contributed by atoms with E-state index in [1.54, 1.807) is 0 Å². The van der Waals surface area contributed by atoms with E-state index in [4.69, 9.17) is 9.47 Å². The number of thiophene rings is 4. The Bertz CT molecular complexity index is 2180. The van der Waals surface area contributed by atoms with Crippen molar-refractivity contribution >= 4 is 115 Å². The second-order valence-corrected chi connectivity index (χ2v) is 17.3. The van der Waals surface area contributed by atoms with Crippen LogP contribution in [-0.4, -0.2) is 13.2 Å². The van der Waals surface area contributed by atoms with Crippen molar-refractivity contribution in [3.8, 4) is 11.5 Å². The molecule has 0 aliphatic carbocycles. The van der Waals surface area contributed by atoms with Crippen molar-refractivity contribution in [3.05, 3.63) is 60.7 Å². The van der Waals surface area contributed by atoms with Gasteiger partial charge in [-0.3, -0.25) is 0 Å². The third kappa shape index (κ3) is 5.97. The second-order valence-electron chi connectivity index (χ2n) is 13.2. The van der Waals surface area contributed by atoms with Gasteiger partial charge in [-0.2, -0.15) is 0 Å². The number of unbranched alkanes of at least 4 members (excludes halogenated alkanes) is 10. The Kier molecular flexibility index (Phi) is 9.78. The van der Waals surface area contributed by atoms with Gasteiger partial charge in [-0.1, -0.05) is 114 Å². The lowest BCUT2D eigenvalue weighted by atomic mass is 10.0. The van der Waals surface area contributed by atoms with Gasteiger partial charge in [0.1, 0.15) is 0 Å². The summed E-state index contributed by atoms with van der Waals surface area (Å²) >= 11 is 7.86. The average molecular weight is 709 g/mol. The first-order chi connectivity index (χ1) is 23.8. The first-order valence-corrected chi connectivity index (χ1v) is 21.4. The highest BCUT2D eigenvalue weighted by Gasteiger charge is 2.24. The number of fused-ring (bicyclic) bond motifs is 14. The van der Waals surface area contributed by atoms with E-state index in [9.17, 15) is 0 Å². The van der Waals surface area contributed by atoms with E-state index < -0.39 is 0 Å². The SMILES string of the molecule is CCCCCCCCOc1cc2c(cc1OCCCCCCCC)c1c3sc4ccccc4c3sc1c1sc3c4ccccc4sc3c21. The molecule has 0 fully saturated rings. The topological polar surface area (TPSA) is 18.5 Å². The van der Waals surface area contributed by atoms with Crippen LogP contribution in [0.3, 0.4) is 0 Å². The molecule has 0 aliphatic rings. The Balaban J connectivity index is 1.29. The molecule has 0 unspecified atom stereocenters. The van der Waals surface area contributed by atoms with E-state index >= 15 is 0 Å². The number of benzene rings is 4.